The number of nitrogens with one attached hydrogen (secondary N) is 1. The number of ether oxygens (including phenoxy) is 1. The lowest BCUT2D eigenvalue weighted by Crippen LogP contribution is -2.17. The molecular weight excluding hydrogens is 359 g/mol. The summed E-state index contributed by atoms with van der Waals surface area (Å²) in [6, 6.07) is 15.1. The SMILES string of the molecule is N#Cc1cnn(-c2ccc(Cl)c(F)c2)c1NC(=O)OCc1ccccc1. The Hall–Kier alpha value is -3.37. The number of anilines is 1. The second-order valence-electron chi connectivity index (χ2n) is 5.22. The van der Waals surface area contributed by atoms with Gasteiger partial charge in [-0.15, -0.1) is 0 Å². The van der Waals surface area contributed by atoms with E-state index in [-0.39, 0.29) is 23.0 Å². The third kappa shape index (κ3) is 3.82. The molecular formula is C18H12ClFN4O2. The maximum absolute atomic E-state index is 13.7. The highest BCUT2D eigenvalue weighted by Crippen LogP contribution is 2.23. The largest absolute Gasteiger partial charge is 0.444 e. The maximum atomic E-state index is 13.7. The topological polar surface area (TPSA) is 79.9 Å². The van der Waals surface area contributed by atoms with Crippen molar-refractivity contribution in [3.63, 3.8) is 0 Å². The molecule has 0 aliphatic carbocycles. The Morgan fingerprint density at radius 1 is 1.31 bits per heavy atom. The highest BCUT2D eigenvalue weighted by atomic mass is 35.5. The lowest BCUT2D eigenvalue weighted by Gasteiger charge is -2.10. The monoisotopic (exact) mass is 370 g/mol. The fourth-order valence-corrected chi connectivity index (χ4v) is 2.34. The van der Waals surface area contributed by atoms with Crippen molar-refractivity contribution < 1.29 is 13.9 Å². The van der Waals surface area contributed by atoms with Gasteiger partial charge in [-0.1, -0.05) is 41.9 Å². The van der Waals surface area contributed by atoms with Crippen molar-refractivity contribution in [3.05, 3.63) is 76.7 Å². The Kier molecular flexibility index (Phi) is 5.15. The van der Waals surface area contributed by atoms with Crippen LogP contribution in [0.3, 0.4) is 0 Å². The molecule has 8 heteroatoms. The number of carbonyl (C=O) groups is 1. The number of hydrogen-bond acceptors (Lipinski definition) is 4. The molecule has 0 saturated heterocycles. The Morgan fingerprint density at radius 2 is 2.08 bits per heavy atom. The van der Waals surface area contributed by atoms with E-state index in [9.17, 15) is 14.4 Å². The van der Waals surface area contributed by atoms with Crippen LogP contribution in [0.1, 0.15) is 11.1 Å². The van der Waals surface area contributed by atoms with Crippen molar-refractivity contribution in [3.8, 4) is 11.8 Å². The molecule has 0 bridgehead atoms. The van der Waals surface area contributed by atoms with Gasteiger partial charge in [0.05, 0.1) is 16.9 Å². The summed E-state index contributed by atoms with van der Waals surface area (Å²) in [6.07, 6.45) is 0.501. The summed E-state index contributed by atoms with van der Waals surface area (Å²) in [4.78, 5) is 12.1. The minimum absolute atomic E-state index is 0.0433. The number of amides is 1. The van der Waals surface area contributed by atoms with Gasteiger partial charge in [-0.2, -0.15) is 10.4 Å². The van der Waals surface area contributed by atoms with E-state index in [0.29, 0.717) is 5.69 Å². The lowest BCUT2D eigenvalue weighted by atomic mass is 10.2. The molecule has 0 spiro atoms. The molecule has 0 aliphatic rings. The average molecular weight is 371 g/mol. The molecule has 0 saturated carbocycles. The van der Waals surface area contributed by atoms with Gasteiger partial charge in [0.25, 0.3) is 0 Å². The van der Waals surface area contributed by atoms with E-state index in [1.807, 2.05) is 36.4 Å². The van der Waals surface area contributed by atoms with Gasteiger partial charge in [-0.25, -0.2) is 13.9 Å². The molecule has 3 aromatic rings. The fourth-order valence-electron chi connectivity index (χ4n) is 2.22. The van der Waals surface area contributed by atoms with Crippen LogP contribution in [-0.4, -0.2) is 15.9 Å². The van der Waals surface area contributed by atoms with Gasteiger partial charge in [0, 0.05) is 6.07 Å². The van der Waals surface area contributed by atoms with Gasteiger partial charge in [-0.05, 0) is 17.7 Å². The van der Waals surface area contributed by atoms with E-state index < -0.39 is 11.9 Å². The Bertz CT molecular complexity index is 983. The van der Waals surface area contributed by atoms with Gasteiger partial charge in [0.2, 0.25) is 0 Å². The van der Waals surface area contributed by atoms with E-state index in [1.54, 1.807) is 0 Å². The zero-order chi connectivity index (χ0) is 18.5. The average Bonchev–Trinajstić information content (AvgIpc) is 3.05. The van der Waals surface area contributed by atoms with Crippen LogP contribution in [0.5, 0.6) is 0 Å². The predicted octanol–water partition coefficient (Wildman–Crippen LogP) is 4.29. The van der Waals surface area contributed by atoms with E-state index in [4.69, 9.17) is 16.3 Å². The fraction of sp³-hybridized carbons (Fsp3) is 0.0556. The van der Waals surface area contributed by atoms with Crippen molar-refractivity contribution in [2.24, 2.45) is 0 Å². The summed E-state index contributed by atoms with van der Waals surface area (Å²) >= 11 is 5.68. The molecule has 1 amide bonds. The standard InChI is InChI=1S/C18H12ClFN4O2/c19-15-7-6-14(8-16(15)20)24-17(13(9-21)10-22-24)23-18(25)26-11-12-4-2-1-3-5-12/h1-8,10H,11H2,(H,23,25). The van der Waals surface area contributed by atoms with Gasteiger partial charge in [0.1, 0.15) is 24.1 Å². The minimum Gasteiger partial charge on any atom is -0.444 e. The highest BCUT2D eigenvalue weighted by molar-refractivity contribution is 6.30. The van der Waals surface area contributed by atoms with Crippen LogP contribution >= 0.6 is 11.6 Å². The Labute approximate surface area is 153 Å². The molecule has 1 aromatic heterocycles. The number of rotatable bonds is 4. The zero-order valence-electron chi connectivity index (χ0n) is 13.3. The first-order valence-electron chi connectivity index (χ1n) is 7.49. The molecule has 0 aliphatic heterocycles. The summed E-state index contributed by atoms with van der Waals surface area (Å²) in [5, 5.41) is 15.7. The van der Waals surface area contributed by atoms with Gasteiger partial charge in [0.15, 0.2) is 5.82 Å². The normalized spacial score (nSPS) is 10.2. The van der Waals surface area contributed by atoms with Gasteiger partial charge >= 0.3 is 6.09 Å². The summed E-state index contributed by atoms with van der Waals surface area (Å²) in [5.74, 6) is -0.567. The number of hydrogen-bond donors (Lipinski definition) is 1. The Balaban J connectivity index is 1.80. The van der Waals surface area contributed by atoms with Crippen LogP contribution in [0.15, 0.2) is 54.7 Å². The van der Waals surface area contributed by atoms with E-state index >= 15 is 0 Å². The molecule has 6 nitrogen and oxygen atoms in total. The van der Waals surface area contributed by atoms with Crippen LogP contribution in [0.2, 0.25) is 5.02 Å². The van der Waals surface area contributed by atoms with Crippen molar-refractivity contribution in [2.45, 2.75) is 6.61 Å². The molecule has 1 heterocycles. The summed E-state index contributed by atoms with van der Waals surface area (Å²) < 4.78 is 20.1. The Morgan fingerprint density at radius 3 is 2.77 bits per heavy atom. The molecule has 3 rings (SSSR count). The second-order valence-corrected chi connectivity index (χ2v) is 5.62. The summed E-state index contributed by atoms with van der Waals surface area (Å²) in [5.41, 5.74) is 1.22. The zero-order valence-corrected chi connectivity index (χ0v) is 14.1. The third-order valence-electron chi connectivity index (χ3n) is 3.47. The van der Waals surface area contributed by atoms with Gasteiger partial charge < -0.3 is 4.74 Å². The third-order valence-corrected chi connectivity index (χ3v) is 3.78. The first-order chi connectivity index (χ1) is 12.6. The molecule has 26 heavy (non-hydrogen) atoms. The van der Waals surface area contributed by atoms with Crippen LogP contribution in [0.4, 0.5) is 15.0 Å². The molecule has 0 radical (unpaired) electrons. The molecule has 0 fully saturated rings. The molecule has 130 valence electrons. The van der Waals surface area contributed by atoms with Crippen LogP contribution in [0, 0.1) is 17.1 Å². The van der Waals surface area contributed by atoms with Crippen molar-refractivity contribution >= 4 is 23.5 Å². The number of benzene rings is 2. The van der Waals surface area contributed by atoms with Gasteiger partial charge in [-0.3, -0.25) is 5.32 Å². The first-order valence-corrected chi connectivity index (χ1v) is 7.87. The number of aromatic nitrogens is 2. The molecule has 0 atom stereocenters. The van der Waals surface area contributed by atoms with E-state index in [0.717, 1.165) is 11.6 Å². The predicted molar refractivity (Wildman–Crippen MR) is 93.5 cm³/mol. The van der Waals surface area contributed by atoms with Crippen LogP contribution in [0.25, 0.3) is 5.69 Å². The number of halogens is 2. The second kappa shape index (κ2) is 7.68. The van der Waals surface area contributed by atoms with Crippen molar-refractivity contribution in [2.75, 3.05) is 5.32 Å². The van der Waals surface area contributed by atoms with Crippen LogP contribution in [-0.2, 0) is 11.3 Å². The number of carbonyl (C=O) groups excluding carboxylic acids is 1. The van der Waals surface area contributed by atoms with Crippen LogP contribution < -0.4 is 5.32 Å². The smallest absolute Gasteiger partial charge is 0.413 e. The quantitative estimate of drug-likeness (QED) is 0.743. The highest BCUT2D eigenvalue weighted by Gasteiger charge is 2.16. The number of nitriles is 1. The molecule has 1 N–H and O–H groups in total. The van der Waals surface area contributed by atoms with E-state index in [1.165, 1.54) is 23.0 Å². The minimum atomic E-state index is -0.762. The lowest BCUT2D eigenvalue weighted by molar-refractivity contribution is 0.155. The summed E-state index contributed by atoms with van der Waals surface area (Å²) in [6.45, 7) is 0.0677. The number of nitrogens with zero attached hydrogens (tertiary/aromatic N) is 3. The first kappa shape index (κ1) is 17.5. The van der Waals surface area contributed by atoms with Crippen molar-refractivity contribution in [1.29, 1.82) is 5.26 Å². The maximum Gasteiger partial charge on any atom is 0.413 e. The summed E-state index contributed by atoms with van der Waals surface area (Å²) in [7, 11) is 0. The molecule has 2 aromatic carbocycles. The molecule has 0 unspecified atom stereocenters. The van der Waals surface area contributed by atoms with Crippen molar-refractivity contribution in [1.82, 2.24) is 9.78 Å². The van der Waals surface area contributed by atoms with E-state index in [2.05, 4.69) is 10.4 Å².